The average Bonchev–Trinajstić information content (AvgIpc) is 0.951. The van der Waals surface area contributed by atoms with Crippen molar-refractivity contribution in [2.75, 3.05) is 73.2 Å². The fourth-order valence-electron chi connectivity index (χ4n) is 9.26. The van der Waals surface area contributed by atoms with Crippen LogP contribution in [0.5, 0.6) is 0 Å². The van der Waals surface area contributed by atoms with Crippen LogP contribution in [0, 0.1) is 67.0 Å². The molecule has 1 unspecified atom stereocenters. The van der Waals surface area contributed by atoms with E-state index < -0.39 is 35.0 Å². The van der Waals surface area contributed by atoms with Gasteiger partial charge in [0.05, 0.1) is 57.2 Å². The predicted molar refractivity (Wildman–Crippen MR) is 437 cm³/mol. The second kappa shape index (κ2) is 59.8. The fraction of sp³-hybridized carbons (Fsp3) is 0.931. The van der Waals surface area contributed by atoms with Crippen molar-refractivity contribution in [1.82, 2.24) is 15.0 Å². The molecule has 0 N–H and O–H groups in total. The Morgan fingerprint density at radius 3 is 1.16 bits per heavy atom. The Labute approximate surface area is 639 Å². The van der Waals surface area contributed by atoms with Crippen molar-refractivity contribution in [2.24, 2.45) is 67.1 Å². The van der Waals surface area contributed by atoms with Gasteiger partial charge < -0.3 is 37.9 Å². The number of carbonyl (C=O) groups excluding carboxylic acids is 4. The molecule has 0 aromatic carbocycles. The molecule has 1 aromatic rings. The summed E-state index contributed by atoms with van der Waals surface area (Å²) in [7, 11) is 3.62. The van der Waals surface area contributed by atoms with Crippen molar-refractivity contribution >= 4 is 23.7 Å². The molecule has 3 rings (SSSR count). The van der Waals surface area contributed by atoms with Crippen molar-refractivity contribution in [3.8, 4) is 0 Å². The minimum atomic E-state index is -0.850. The molecular formula is C87H178FN3O12. The van der Waals surface area contributed by atoms with Crippen molar-refractivity contribution in [1.29, 1.82) is 0 Å². The Morgan fingerprint density at radius 2 is 0.893 bits per heavy atom. The topological polar surface area (TPSA) is 173 Å². The van der Waals surface area contributed by atoms with Gasteiger partial charge in [0.2, 0.25) is 5.78 Å². The fourth-order valence-corrected chi connectivity index (χ4v) is 9.26. The van der Waals surface area contributed by atoms with Gasteiger partial charge in [-0.3, -0.25) is 18.8 Å². The highest BCUT2D eigenvalue weighted by Crippen LogP contribution is 2.31. The van der Waals surface area contributed by atoms with Crippen LogP contribution >= 0.6 is 0 Å². The maximum Gasteiger partial charge on any atom is 0.374 e. The first-order valence-corrected chi connectivity index (χ1v) is 39.9. The van der Waals surface area contributed by atoms with E-state index in [1.165, 1.54) is 89.9 Å². The number of aryl methyl sites for hydroxylation is 2. The van der Waals surface area contributed by atoms with Crippen molar-refractivity contribution in [2.45, 2.75) is 391 Å². The third-order valence-corrected chi connectivity index (χ3v) is 14.8. The predicted octanol–water partition coefficient (Wildman–Crippen LogP) is 24.4. The number of carbonyl (C=O) groups is 4. The lowest BCUT2D eigenvalue weighted by atomic mass is 9.81. The molecule has 0 aliphatic carbocycles. The molecular weight excluding hydrogens is 1300 g/mol. The summed E-state index contributed by atoms with van der Waals surface area (Å²) in [6.45, 7) is 84.2. The standard InChI is InChI=1S/C11H20O4.C11H22O2.C9H17N3.C9H16O3.C9H20O.C9H20.C8H16O.C8H18O.C7H16.C6H13F/c1-6-14-9(12)8(11(3,4)5)10(13)15-7-2;1-11(2,3)7-5-4-6-10-12-8-9-13-10;1-7-8(6-9(2,3)4)11-12(5)10-7;1-5-12-8(11)7(10)6-9(2,3)4;1-9(2,3)7-5-6-8-10-4;1-5-6-7-8-9(2,3)4;1-8(2,3)6-7-4-5-9-7;1-5-9-7-6-8(2,3)4;1-5-6-7(2,3)4;1-6(2,3)4-5-7/h8H,6-7H2,1-5H3;10H,4-9H2,1-3H3;6H2,1-5H3;5-6H2,1-4H3;5-8H2,1-4H3;5-8H2,1-4H3;7H,4-6H2,1-3H3;5-7H2,1-4H3;5-6H2,1-4H3;4-5H2,1-3H3. The first-order valence-electron chi connectivity index (χ1n) is 39.9. The molecule has 1 aromatic heterocycles. The lowest BCUT2D eigenvalue weighted by molar-refractivity contribution is -0.166. The maximum absolute atomic E-state index is 11.6. The number of ether oxygens (including phenoxy) is 8. The maximum atomic E-state index is 11.6. The minimum absolute atomic E-state index is 0.0972. The molecule has 0 spiro atoms. The van der Waals surface area contributed by atoms with Gasteiger partial charge in [0, 0.05) is 47.0 Å². The smallest absolute Gasteiger partial charge is 0.374 e. The van der Waals surface area contributed by atoms with Crippen LogP contribution in [-0.2, 0) is 70.5 Å². The van der Waals surface area contributed by atoms with Gasteiger partial charge in [0.1, 0.15) is 0 Å². The van der Waals surface area contributed by atoms with Gasteiger partial charge in [-0.05, 0) is 166 Å². The van der Waals surface area contributed by atoms with Crippen LogP contribution in [0.1, 0.15) is 376 Å². The Hall–Kier alpha value is -3.05. The number of alkyl halides is 1. The second-order valence-electron chi connectivity index (χ2n) is 39.5. The first kappa shape index (κ1) is 113. The first-order chi connectivity index (χ1) is 46.5. The van der Waals surface area contributed by atoms with E-state index in [0.29, 0.717) is 50.4 Å². The molecule has 0 amide bonds. The third kappa shape index (κ3) is 95.0. The zero-order valence-electron chi connectivity index (χ0n) is 75.9. The highest BCUT2D eigenvalue weighted by atomic mass is 19.1. The summed E-state index contributed by atoms with van der Waals surface area (Å²) in [4.78, 5) is 46.7. The molecule has 0 bridgehead atoms. The number of Topliss-reactive ketones (excluding diaryl/α,β-unsaturated/α-hetero) is 1. The normalized spacial score (nSPS) is 14.1. The molecule has 0 saturated carbocycles. The number of hydrogen-bond donors (Lipinski definition) is 0. The Balaban J connectivity index is -0.000000200. The molecule has 3 heterocycles. The van der Waals surface area contributed by atoms with Crippen LogP contribution in [0.15, 0.2) is 0 Å². The number of rotatable bonds is 25. The molecule has 15 nitrogen and oxygen atoms in total. The van der Waals surface area contributed by atoms with E-state index in [9.17, 15) is 23.6 Å². The number of halogens is 1. The minimum Gasteiger partial charge on any atom is -0.465 e. The van der Waals surface area contributed by atoms with Gasteiger partial charge in [-0.25, -0.2) is 4.79 Å². The Morgan fingerprint density at radius 1 is 0.476 bits per heavy atom. The van der Waals surface area contributed by atoms with Crippen LogP contribution < -0.4 is 0 Å². The van der Waals surface area contributed by atoms with Gasteiger partial charge in [-0.1, -0.05) is 260 Å². The number of esters is 3. The number of aromatic nitrogens is 3. The molecule has 620 valence electrons. The highest BCUT2D eigenvalue weighted by molar-refractivity contribution is 6.33. The molecule has 2 fully saturated rings. The second-order valence-corrected chi connectivity index (χ2v) is 39.5. The molecule has 1 atom stereocenters. The SMILES string of the molecule is CC(C)(C)CC1CCO1.CC(C)(C)CCCCC1OCCO1.CC(C)(C)CCF.CCCC(C)(C)C.CCCCCC(C)(C)C.CCOC(=O)C(=O)CC(C)(C)C.CCOC(=O)C(C(=O)OCC)C(C)(C)C.CCOCCC(C)(C)C.COCCCCC(C)(C)C.Cc1nn(C)nc1CC(C)(C)C. The molecule has 103 heavy (non-hydrogen) atoms. The molecule has 2 saturated heterocycles. The van der Waals surface area contributed by atoms with Gasteiger partial charge in [0.15, 0.2) is 12.2 Å². The van der Waals surface area contributed by atoms with E-state index in [0.717, 1.165) is 70.3 Å². The van der Waals surface area contributed by atoms with Gasteiger partial charge in [0.25, 0.3) is 0 Å². The van der Waals surface area contributed by atoms with E-state index >= 15 is 0 Å². The van der Waals surface area contributed by atoms with Crippen LogP contribution in [0.3, 0.4) is 0 Å². The third-order valence-electron chi connectivity index (χ3n) is 14.8. The molecule has 2 aliphatic rings. The Kier molecular flexibility index (Phi) is 65.8. The highest BCUT2D eigenvalue weighted by Gasteiger charge is 2.40. The van der Waals surface area contributed by atoms with Crippen LogP contribution in [-0.4, -0.2) is 124 Å². The van der Waals surface area contributed by atoms with Crippen LogP contribution in [0.25, 0.3) is 0 Å². The van der Waals surface area contributed by atoms with E-state index in [1.54, 1.807) is 32.7 Å². The lowest BCUT2D eigenvalue weighted by Crippen LogP contribution is -2.38. The van der Waals surface area contributed by atoms with Crippen molar-refractivity contribution in [3.63, 3.8) is 0 Å². The molecule has 16 heteroatoms. The van der Waals surface area contributed by atoms with E-state index in [-0.39, 0.29) is 50.0 Å². The summed E-state index contributed by atoms with van der Waals surface area (Å²) in [5.74, 6) is -3.03. The quantitative estimate of drug-likeness (QED) is 0.0297. The monoisotopic (exact) mass is 1480 g/mol. The number of nitrogens with zero attached hydrogens (tertiary/aromatic N) is 3. The summed E-state index contributed by atoms with van der Waals surface area (Å²) >= 11 is 0. The van der Waals surface area contributed by atoms with E-state index in [2.05, 4.69) is 174 Å². The van der Waals surface area contributed by atoms with Crippen molar-refractivity contribution in [3.05, 3.63) is 11.4 Å². The summed E-state index contributed by atoms with van der Waals surface area (Å²) in [6.07, 6.45) is 23.1. The van der Waals surface area contributed by atoms with Crippen LogP contribution in [0.2, 0.25) is 0 Å². The molecule has 0 radical (unpaired) electrons. The van der Waals surface area contributed by atoms with Gasteiger partial charge >= 0.3 is 17.9 Å². The largest absolute Gasteiger partial charge is 0.465 e. The van der Waals surface area contributed by atoms with Crippen LogP contribution in [0.4, 0.5) is 4.39 Å². The number of ketones is 1. The zero-order valence-corrected chi connectivity index (χ0v) is 75.9. The molecule has 2 aliphatic heterocycles. The number of methoxy groups -OCH3 is 1. The Bertz CT molecular complexity index is 2100. The number of unbranched alkanes of at least 4 members (excludes halogenated alkanes) is 4. The summed E-state index contributed by atoms with van der Waals surface area (Å²) in [5, 5.41) is 8.50. The van der Waals surface area contributed by atoms with Gasteiger partial charge in [-0.15, -0.1) is 0 Å². The zero-order chi connectivity index (χ0) is 82.4. The van der Waals surface area contributed by atoms with E-state index in [1.807, 2.05) is 83.2 Å². The average molecular weight is 1480 g/mol. The summed E-state index contributed by atoms with van der Waals surface area (Å²) < 4.78 is 52.0. The lowest BCUT2D eigenvalue weighted by Gasteiger charge is -2.32. The summed E-state index contributed by atoms with van der Waals surface area (Å²) in [6, 6.07) is 0. The number of hydrogen-bond acceptors (Lipinski definition) is 14. The van der Waals surface area contributed by atoms with Crippen molar-refractivity contribution < 1.29 is 61.5 Å². The van der Waals surface area contributed by atoms with E-state index in [4.69, 9.17) is 33.2 Å². The summed E-state index contributed by atoms with van der Waals surface area (Å²) in [5.41, 5.74) is 4.94. The van der Waals surface area contributed by atoms with Gasteiger partial charge in [-0.2, -0.15) is 15.0 Å².